The first-order valence-corrected chi connectivity index (χ1v) is 5.62. The summed E-state index contributed by atoms with van der Waals surface area (Å²) >= 11 is 0. The minimum Gasteiger partial charge on any atom is -0.477 e. The van der Waals surface area contributed by atoms with Gasteiger partial charge in [0.15, 0.2) is 0 Å². The average molecular weight is 283 g/mol. The highest BCUT2D eigenvalue weighted by atomic mass is 19.3. The highest BCUT2D eigenvalue weighted by molar-refractivity contribution is 5.81. The van der Waals surface area contributed by atoms with Crippen LogP contribution in [0, 0.1) is 5.92 Å². The summed E-state index contributed by atoms with van der Waals surface area (Å²) in [5.74, 6) is -10.3. The number of halogens is 2. The fourth-order valence-electron chi connectivity index (χ4n) is 1.42. The summed E-state index contributed by atoms with van der Waals surface area (Å²) in [6.45, 7) is 5.82. The van der Waals surface area contributed by atoms with E-state index < -0.39 is 35.1 Å². The molecular formula is C11H19F2NO5. The molecule has 0 radical (unpaired) electrons. The molecule has 0 bridgehead atoms. The molecule has 0 aliphatic heterocycles. The number of nitrogens with two attached hydrogens (primary N) is 1. The number of rotatable bonds is 5. The minimum absolute atomic E-state index is 0.301. The topological polar surface area (TPSA) is 110 Å². The molecule has 1 unspecified atom stereocenters. The lowest BCUT2D eigenvalue weighted by atomic mass is 9.88. The normalized spacial score (nSPS) is 17.5. The van der Waals surface area contributed by atoms with Gasteiger partial charge in [-0.3, -0.25) is 10.5 Å². The Kier molecular flexibility index (Phi) is 5.01. The van der Waals surface area contributed by atoms with Gasteiger partial charge in [0.05, 0.1) is 0 Å². The van der Waals surface area contributed by atoms with Crippen molar-refractivity contribution in [2.45, 2.75) is 51.4 Å². The summed E-state index contributed by atoms with van der Waals surface area (Å²) in [6.07, 6.45) is -0.301. The first-order chi connectivity index (χ1) is 8.27. The van der Waals surface area contributed by atoms with Crippen molar-refractivity contribution in [2.24, 2.45) is 11.7 Å². The third-order valence-corrected chi connectivity index (χ3v) is 2.40. The molecule has 6 nitrogen and oxygen atoms in total. The second kappa shape index (κ2) is 5.38. The molecule has 112 valence electrons. The number of aliphatic hydroxyl groups is 1. The first kappa shape index (κ1) is 17.7. The fourth-order valence-corrected chi connectivity index (χ4v) is 1.42. The van der Waals surface area contributed by atoms with Crippen molar-refractivity contribution in [1.29, 1.82) is 0 Å². The van der Waals surface area contributed by atoms with Crippen LogP contribution in [0.3, 0.4) is 0 Å². The second-order valence-electron chi connectivity index (χ2n) is 5.20. The van der Waals surface area contributed by atoms with E-state index in [1.807, 2.05) is 0 Å². The molecule has 0 rings (SSSR count). The fraction of sp³-hybridized carbons (Fsp3) is 0.818. The van der Waals surface area contributed by atoms with Gasteiger partial charge in [-0.15, -0.1) is 0 Å². The molecule has 0 amide bonds. The lowest BCUT2D eigenvalue weighted by Gasteiger charge is -2.35. The molecule has 4 N–H and O–H groups in total. The number of carboxylic acids is 1. The van der Waals surface area contributed by atoms with Gasteiger partial charge in [-0.25, -0.2) is 4.79 Å². The van der Waals surface area contributed by atoms with Gasteiger partial charge in [0.1, 0.15) is 11.5 Å². The summed E-state index contributed by atoms with van der Waals surface area (Å²) in [5, 5.41) is 18.0. The summed E-state index contributed by atoms with van der Waals surface area (Å²) < 4.78 is 31.6. The molecule has 19 heavy (non-hydrogen) atoms. The van der Waals surface area contributed by atoms with Crippen molar-refractivity contribution in [3.8, 4) is 0 Å². The van der Waals surface area contributed by atoms with Crippen LogP contribution < -0.4 is 5.73 Å². The van der Waals surface area contributed by atoms with E-state index in [1.54, 1.807) is 0 Å². The number of esters is 1. The Hall–Kier alpha value is -1.28. The van der Waals surface area contributed by atoms with Crippen LogP contribution in [0.2, 0.25) is 0 Å². The number of carboxylic acid groups (broad SMARTS) is 1. The van der Waals surface area contributed by atoms with Crippen LogP contribution >= 0.6 is 0 Å². The summed E-state index contributed by atoms with van der Waals surface area (Å²) in [7, 11) is 0. The molecular weight excluding hydrogens is 264 g/mol. The van der Waals surface area contributed by atoms with Crippen molar-refractivity contribution in [3.63, 3.8) is 0 Å². The number of hydrogen-bond donors (Lipinski definition) is 3. The third-order valence-electron chi connectivity index (χ3n) is 2.40. The predicted octanol–water partition coefficient (Wildman–Crippen LogP) is 0.722. The van der Waals surface area contributed by atoms with E-state index in [4.69, 9.17) is 15.6 Å². The standard InChI is InChI=1S/C11H19F2NO5/c1-5-6(7(15)19-9(2,3)4)11(14,18)10(12,13)8(16)17/h6,18H,5,14H2,1-4H3,(H,16,17)/t6-,11?/m1/s1. The van der Waals surface area contributed by atoms with Crippen molar-refractivity contribution in [2.75, 3.05) is 0 Å². The van der Waals surface area contributed by atoms with Crippen LogP contribution in [0.15, 0.2) is 0 Å². The van der Waals surface area contributed by atoms with Gasteiger partial charge in [0.2, 0.25) is 5.72 Å². The molecule has 2 atom stereocenters. The van der Waals surface area contributed by atoms with Crippen LogP contribution in [0.4, 0.5) is 8.78 Å². The monoisotopic (exact) mass is 283 g/mol. The number of aliphatic carboxylic acids is 1. The van der Waals surface area contributed by atoms with E-state index >= 15 is 0 Å². The maximum absolute atomic E-state index is 13.4. The van der Waals surface area contributed by atoms with Crippen molar-refractivity contribution >= 4 is 11.9 Å². The highest BCUT2D eigenvalue weighted by Crippen LogP contribution is 2.34. The Morgan fingerprint density at radius 1 is 1.32 bits per heavy atom. The molecule has 0 aromatic heterocycles. The summed E-state index contributed by atoms with van der Waals surface area (Å²) in [6, 6.07) is 0. The van der Waals surface area contributed by atoms with Gasteiger partial charge in [-0.2, -0.15) is 8.78 Å². The maximum atomic E-state index is 13.4. The Bertz CT molecular complexity index is 363. The molecule has 0 heterocycles. The average Bonchev–Trinajstić information content (AvgIpc) is 2.14. The number of carbonyl (C=O) groups is 2. The largest absolute Gasteiger partial charge is 0.477 e. The van der Waals surface area contributed by atoms with E-state index in [9.17, 15) is 23.5 Å². The number of hydrogen-bond acceptors (Lipinski definition) is 5. The van der Waals surface area contributed by atoms with Gasteiger partial charge < -0.3 is 14.9 Å². The molecule has 0 saturated heterocycles. The molecule has 0 aliphatic carbocycles. The van der Waals surface area contributed by atoms with Gasteiger partial charge in [0.25, 0.3) is 0 Å². The van der Waals surface area contributed by atoms with E-state index in [0.29, 0.717) is 0 Å². The lowest BCUT2D eigenvalue weighted by molar-refractivity contribution is -0.228. The SMILES string of the molecule is CC[C@H](C(=O)OC(C)(C)C)C(N)(O)C(F)(F)C(=O)O. The Labute approximate surface area is 109 Å². The van der Waals surface area contributed by atoms with Gasteiger partial charge in [-0.05, 0) is 27.2 Å². The van der Waals surface area contributed by atoms with E-state index in [-0.39, 0.29) is 6.42 Å². The zero-order chi connectivity index (χ0) is 15.6. The van der Waals surface area contributed by atoms with Crippen molar-refractivity contribution in [3.05, 3.63) is 0 Å². The minimum atomic E-state index is -4.68. The van der Waals surface area contributed by atoms with Crippen LogP contribution in [-0.4, -0.2) is 39.4 Å². The van der Waals surface area contributed by atoms with Crippen LogP contribution in [-0.2, 0) is 14.3 Å². The lowest BCUT2D eigenvalue weighted by Crippen LogP contribution is -2.66. The molecule has 0 aliphatic rings. The molecule has 0 aromatic carbocycles. The van der Waals surface area contributed by atoms with Gasteiger partial charge in [-0.1, -0.05) is 6.92 Å². The van der Waals surface area contributed by atoms with Crippen molar-refractivity contribution < 1.29 is 33.3 Å². The summed E-state index contributed by atoms with van der Waals surface area (Å²) in [4.78, 5) is 22.2. The molecule has 0 fully saturated rings. The van der Waals surface area contributed by atoms with E-state index in [2.05, 4.69) is 0 Å². The second-order valence-corrected chi connectivity index (χ2v) is 5.20. The Morgan fingerprint density at radius 3 is 2.00 bits per heavy atom. The Balaban J connectivity index is 5.36. The number of alkyl halides is 2. The van der Waals surface area contributed by atoms with Crippen LogP contribution in [0.1, 0.15) is 34.1 Å². The molecule has 0 aromatic rings. The van der Waals surface area contributed by atoms with Crippen LogP contribution in [0.5, 0.6) is 0 Å². The highest BCUT2D eigenvalue weighted by Gasteiger charge is 2.62. The predicted molar refractivity (Wildman–Crippen MR) is 61.3 cm³/mol. The number of carbonyl (C=O) groups excluding carboxylic acids is 1. The van der Waals surface area contributed by atoms with Crippen molar-refractivity contribution in [1.82, 2.24) is 0 Å². The zero-order valence-electron chi connectivity index (χ0n) is 11.2. The maximum Gasteiger partial charge on any atom is 0.384 e. The number of ether oxygens (including phenoxy) is 1. The molecule has 0 spiro atoms. The smallest absolute Gasteiger partial charge is 0.384 e. The first-order valence-electron chi connectivity index (χ1n) is 5.62. The quantitative estimate of drug-likeness (QED) is 0.506. The van der Waals surface area contributed by atoms with Gasteiger partial charge in [0, 0.05) is 0 Å². The van der Waals surface area contributed by atoms with E-state index in [1.165, 1.54) is 27.7 Å². The zero-order valence-corrected chi connectivity index (χ0v) is 11.2. The Morgan fingerprint density at radius 2 is 1.74 bits per heavy atom. The third kappa shape index (κ3) is 3.84. The van der Waals surface area contributed by atoms with Crippen LogP contribution in [0.25, 0.3) is 0 Å². The summed E-state index contributed by atoms with van der Waals surface area (Å²) in [5.41, 5.74) is 0.489. The van der Waals surface area contributed by atoms with E-state index in [0.717, 1.165) is 0 Å². The van der Waals surface area contributed by atoms with Gasteiger partial charge >= 0.3 is 17.9 Å². The molecule has 8 heteroatoms. The molecule has 0 saturated carbocycles.